The molecule has 3 nitrogen and oxygen atoms in total. The van der Waals surface area contributed by atoms with E-state index in [1.807, 2.05) is 6.92 Å². The van der Waals surface area contributed by atoms with Gasteiger partial charge in [0.25, 0.3) is 0 Å². The average molecular weight is 168 g/mol. The Morgan fingerprint density at radius 2 is 2.64 bits per heavy atom. The predicted molar refractivity (Wildman–Crippen MR) is 45.1 cm³/mol. The standard InChI is InChI=1S/C7H8N2OS/c1-5-9-4-6(11-5)3-7(10)8-2/h4H,2-3H2,1H3. The summed E-state index contributed by atoms with van der Waals surface area (Å²) >= 11 is 1.51. The van der Waals surface area contributed by atoms with Crippen molar-refractivity contribution in [1.29, 1.82) is 0 Å². The topological polar surface area (TPSA) is 42.3 Å². The van der Waals surface area contributed by atoms with Gasteiger partial charge in [-0.3, -0.25) is 4.79 Å². The first-order valence-electron chi connectivity index (χ1n) is 3.13. The summed E-state index contributed by atoms with van der Waals surface area (Å²) in [4.78, 5) is 19.0. The van der Waals surface area contributed by atoms with Crippen LogP contribution in [0.25, 0.3) is 0 Å². The number of aryl methyl sites for hydroxylation is 1. The van der Waals surface area contributed by atoms with Gasteiger partial charge in [-0.1, -0.05) is 0 Å². The summed E-state index contributed by atoms with van der Waals surface area (Å²) in [6.07, 6.45) is 2.03. The van der Waals surface area contributed by atoms with Crippen molar-refractivity contribution in [2.45, 2.75) is 13.3 Å². The molecule has 0 unspecified atom stereocenters. The van der Waals surface area contributed by atoms with E-state index in [1.54, 1.807) is 6.20 Å². The Labute approximate surface area is 68.8 Å². The van der Waals surface area contributed by atoms with Crippen LogP contribution in [0.3, 0.4) is 0 Å². The van der Waals surface area contributed by atoms with Gasteiger partial charge in [-0.25, -0.2) is 9.98 Å². The molecule has 1 heterocycles. The highest BCUT2D eigenvalue weighted by atomic mass is 32.1. The molecular formula is C7H8N2OS. The fourth-order valence-corrected chi connectivity index (χ4v) is 1.48. The molecule has 0 saturated carbocycles. The monoisotopic (exact) mass is 168 g/mol. The summed E-state index contributed by atoms with van der Waals surface area (Å²) in [5, 5.41) is 0.969. The smallest absolute Gasteiger partial charge is 0.250 e. The van der Waals surface area contributed by atoms with Crippen molar-refractivity contribution >= 4 is 24.0 Å². The van der Waals surface area contributed by atoms with Gasteiger partial charge in [0.1, 0.15) is 0 Å². The first-order valence-corrected chi connectivity index (χ1v) is 3.95. The summed E-state index contributed by atoms with van der Waals surface area (Å²) in [5.41, 5.74) is 0. The maximum Gasteiger partial charge on any atom is 0.250 e. The molecule has 0 aliphatic heterocycles. The first kappa shape index (κ1) is 8.07. The van der Waals surface area contributed by atoms with Gasteiger partial charge in [0.15, 0.2) is 0 Å². The minimum atomic E-state index is -0.200. The van der Waals surface area contributed by atoms with E-state index in [0.717, 1.165) is 9.88 Å². The van der Waals surface area contributed by atoms with E-state index in [0.29, 0.717) is 6.42 Å². The average Bonchev–Trinajstić information content (AvgIpc) is 2.35. The van der Waals surface area contributed by atoms with Crippen molar-refractivity contribution in [1.82, 2.24) is 4.98 Å². The fraction of sp³-hybridized carbons (Fsp3) is 0.286. The van der Waals surface area contributed by atoms with Crippen LogP contribution >= 0.6 is 11.3 Å². The van der Waals surface area contributed by atoms with Crippen LogP contribution in [0.4, 0.5) is 0 Å². The number of aliphatic imine (C=N–C) groups is 1. The Balaban J connectivity index is 2.64. The zero-order valence-corrected chi connectivity index (χ0v) is 7.02. The molecule has 1 amide bonds. The van der Waals surface area contributed by atoms with Gasteiger partial charge in [-0.05, 0) is 13.6 Å². The second kappa shape index (κ2) is 3.39. The zero-order chi connectivity index (χ0) is 8.27. The van der Waals surface area contributed by atoms with Gasteiger partial charge in [0.2, 0.25) is 5.91 Å². The first-order chi connectivity index (χ1) is 5.22. The Morgan fingerprint density at radius 1 is 1.91 bits per heavy atom. The molecule has 1 aromatic heterocycles. The molecule has 58 valence electrons. The molecule has 0 aliphatic rings. The van der Waals surface area contributed by atoms with E-state index in [1.165, 1.54) is 11.3 Å². The largest absolute Gasteiger partial charge is 0.272 e. The lowest BCUT2D eigenvalue weighted by molar-refractivity contribution is -0.117. The Bertz CT molecular complexity index is 280. The molecule has 0 aromatic carbocycles. The van der Waals surface area contributed by atoms with E-state index >= 15 is 0 Å². The van der Waals surface area contributed by atoms with Crippen molar-refractivity contribution in [3.8, 4) is 0 Å². The van der Waals surface area contributed by atoms with E-state index in [2.05, 4.69) is 16.7 Å². The van der Waals surface area contributed by atoms with Gasteiger partial charge >= 0.3 is 0 Å². The third-order valence-corrected chi connectivity index (χ3v) is 2.08. The lowest BCUT2D eigenvalue weighted by atomic mass is 10.4. The number of amides is 1. The normalized spacial score (nSPS) is 9.55. The predicted octanol–water partition coefficient (Wildman–Crippen LogP) is 1.22. The second-order valence-corrected chi connectivity index (χ2v) is 3.39. The summed E-state index contributed by atoms with van der Waals surface area (Å²) < 4.78 is 0. The molecule has 1 rings (SSSR count). The molecule has 0 aliphatic carbocycles. The number of thiazole rings is 1. The number of carbonyl (C=O) groups excluding carboxylic acids is 1. The second-order valence-electron chi connectivity index (χ2n) is 2.07. The summed E-state index contributed by atoms with van der Waals surface area (Å²) in [5.74, 6) is -0.200. The minimum absolute atomic E-state index is 0.200. The lowest BCUT2D eigenvalue weighted by Crippen LogP contribution is -1.94. The van der Waals surface area contributed by atoms with E-state index in [4.69, 9.17) is 0 Å². The van der Waals surface area contributed by atoms with Gasteiger partial charge in [-0.15, -0.1) is 11.3 Å². The molecule has 0 atom stereocenters. The molecule has 0 bridgehead atoms. The molecule has 0 fully saturated rings. The van der Waals surface area contributed by atoms with Crippen LogP contribution in [0, 0.1) is 6.92 Å². The van der Waals surface area contributed by atoms with Gasteiger partial charge in [0.05, 0.1) is 11.4 Å². The van der Waals surface area contributed by atoms with Crippen LogP contribution in [0.5, 0.6) is 0 Å². The van der Waals surface area contributed by atoms with Crippen LogP contribution in [0.2, 0.25) is 0 Å². The number of rotatable bonds is 2. The SMILES string of the molecule is C=NC(=O)Cc1cnc(C)s1. The van der Waals surface area contributed by atoms with E-state index in [-0.39, 0.29) is 5.91 Å². The number of carbonyl (C=O) groups is 1. The highest BCUT2D eigenvalue weighted by molar-refractivity contribution is 7.11. The summed E-state index contributed by atoms with van der Waals surface area (Å²) in [6, 6.07) is 0. The molecule has 0 radical (unpaired) electrons. The highest BCUT2D eigenvalue weighted by Gasteiger charge is 2.02. The fourth-order valence-electron chi connectivity index (χ4n) is 0.692. The van der Waals surface area contributed by atoms with Crippen LogP contribution in [-0.4, -0.2) is 17.6 Å². The number of aromatic nitrogens is 1. The Kier molecular flexibility index (Phi) is 2.48. The van der Waals surface area contributed by atoms with Gasteiger partial charge in [-0.2, -0.15) is 0 Å². The van der Waals surface area contributed by atoms with Crippen LogP contribution in [0.15, 0.2) is 11.2 Å². The third kappa shape index (κ3) is 2.23. The van der Waals surface area contributed by atoms with Crippen LogP contribution < -0.4 is 0 Å². The maximum atomic E-state index is 10.7. The zero-order valence-electron chi connectivity index (χ0n) is 6.20. The minimum Gasteiger partial charge on any atom is -0.272 e. The number of nitrogens with zero attached hydrogens (tertiary/aromatic N) is 2. The van der Waals surface area contributed by atoms with Crippen molar-refractivity contribution in [3.05, 3.63) is 16.1 Å². The van der Waals surface area contributed by atoms with Gasteiger partial charge < -0.3 is 0 Å². The summed E-state index contributed by atoms with van der Waals surface area (Å²) in [6.45, 7) is 5.05. The van der Waals surface area contributed by atoms with Crippen molar-refractivity contribution < 1.29 is 4.79 Å². The molecule has 0 saturated heterocycles. The van der Waals surface area contributed by atoms with Crippen molar-refractivity contribution in [2.75, 3.05) is 0 Å². The van der Waals surface area contributed by atoms with Crippen molar-refractivity contribution in [2.24, 2.45) is 4.99 Å². The molecular weight excluding hydrogens is 160 g/mol. The van der Waals surface area contributed by atoms with Crippen LogP contribution in [-0.2, 0) is 11.2 Å². The van der Waals surface area contributed by atoms with Crippen molar-refractivity contribution in [3.63, 3.8) is 0 Å². The van der Waals surface area contributed by atoms with Gasteiger partial charge in [0, 0.05) is 11.1 Å². The maximum absolute atomic E-state index is 10.7. The lowest BCUT2D eigenvalue weighted by Gasteiger charge is -1.86. The quantitative estimate of drug-likeness (QED) is 0.623. The molecule has 1 aromatic rings. The molecule has 0 spiro atoms. The Morgan fingerprint density at radius 3 is 3.09 bits per heavy atom. The Hall–Kier alpha value is -1.03. The third-order valence-electron chi connectivity index (χ3n) is 1.17. The number of hydrogen-bond donors (Lipinski definition) is 0. The van der Waals surface area contributed by atoms with E-state index in [9.17, 15) is 4.79 Å². The molecule has 4 heteroatoms. The highest BCUT2D eigenvalue weighted by Crippen LogP contribution is 2.12. The van der Waals surface area contributed by atoms with E-state index < -0.39 is 0 Å². The summed E-state index contributed by atoms with van der Waals surface area (Å²) in [7, 11) is 0. The number of hydrogen-bond acceptors (Lipinski definition) is 3. The molecule has 0 N–H and O–H groups in total. The molecule has 11 heavy (non-hydrogen) atoms. The van der Waals surface area contributed by atoms with Crippen LogP contribution in [0.1, 0.15) is 9.88 Å².